The molecule has 0 bridgehead atoms. The van der Waals surface area contributed by atoms with E-state index < -0.39 is 16.4 Å². The second-order valence-electron chi connectivity index (χ2n) is 7.79. The summed E-state index contributed by atoms with van der Waals surface area (Å²) in [5, 5.41) is 13.7. The predicted molar refractivity (Wildman–Crippen MR) is 126 cm³/mol. The zero-order chi connectivity index (χ0) is 23.9. The van der Waals surface area contributed by atoms with Crippen molar-refractivity contribution >= 4 is 23.4 Å². The fraction of sp³-hybridized carbons (Fsp3) is 0.200. The molecular formula is C25H23FN4O4. The van der Waals surface area contributed by atoms with Gasteiger partial charge < -0.3 is 10.1 Å². The Morgan fingerprint density at radius 2 is 1.94 bits per heavy atom. The van der Waals surface area contributed by atoms with Gasteiger partial charge in [-0.25, -0.2) is 0 Å². The molecule has 2 heterocycles. The average Bonchev–Trinajstić information content (AvgIpc) is 2.84. The molecule has 1 fully saturated rings. The van der Waals surface area contributed by atoms with Gasteiger partial charge in [0.05, 0.1) is 18.1 Å². The van der Waals surface area contributed by atoms with Gasteiger partial charge in [0.2, 0.25) is 11.7 Å². The maximum atomic E-state index is 14.1. The van der Waals surface area contributed by atoms with E-state index in [0.717, 1.165) is 50.5 Å². The molecular weight excluding hydrogens is 439 g/mol. The van der Waals surface area contributed by atoms with Crippen LogP contribution in [-0.4, -0.2) is 47.0 Å². The predicted octanol–water partition coefficient (Wildman–Crippen LogP) is 4.28. The molecule has 1 aromatic heterocycles. The monoisotopic (exact) mass is 462 g/mol. The first-order chi connectivity index (χ1) is 16.5. The quantitative estimate of drug-likeness (QED) is 0.320. The molecule has 1 saturated heterocycles. The molecule has 8 nitrogen and oxygen atoms in total. The smallest absolute Gasteiger partial charge is 0.304 e. The van der Waals surface area contributed by atoms with Crippen LogP contribution in [0, 0.1) is 15.9 Å². The molecule has 3 aromatic rings. The normalized spacial score (nSPS) is 14.3. The number of benzene rings is 2. The van der Waals surface area contributed by atoms with E-state index in [2.05, 4.69) is 15.2 Å². The number of morpholine rings is 1. The molecule has 174 valence electrons. The Balaban J connectivity index is 1.41. The third kappa shape index (κ3) is 5.89. The summed E-state index contributed by atoms with van der Waals surface area (Å²) in [7, 11) is 0. The highest BCUT2D eigenvalue weighted by atomic mass is 19.1. The summed E-state index contributed by atoms with van der Waals surface area (Å²) in [6.45, 7) is 4.15. The number of hydrogen-bond donors (Lipinski definition) is 1. The third-order valence-electron chi connectivity index (χ3n) is 5.45. The summed E-state index contributed by atoms with van der Waals surface area (Å²) in [6.07, 6.45) is 6.01. The summed E-state index contributed by atoms with van der Waals surface area (Å²) < 4.78 is 19.5. The number of nitrogens with one attached hydrogen (secondary N) is 1. The number of carbonyl (C=O) groups excluding carboxylic acids is 1. The fourth-order valence-corrected chi connectivity index (χ4v) is 3.69. The van der Waals surface area contributed by atoms with Crippen molar-refractivity contribution < 1.29 is 18.8 Å². The van der Waals surface area contributed by atoms with Gasteiger partial charge >= 0.3 is 5.69 Å². The number of pyridine rings is 1. The molecule has 0 saturated carbocycles. The van der Waals surface area contributed by atoms with Gasteiger partial charge in [0.1, 0.15) is 0 Å². The molecule has 0 radical (unpaired) electrons. The van der Waals surface area contributed by atoms with Gasteiger partial charge in [-0.1, -0.05) is 12.1 Å². The number of nitrogens with zero attached hydrogens (tertiary/aromatic N) is 3. The van der Waals surface area contributed by atoms with Crippen LogP contribution in [0.2, 0.25) is 0 Å². The van der Waals surface area contributed by atoms with Gasteiger partial charge in [0.25, 0.3) is 0 Å². The number of rotatable bonds is 7. The Morgan fingerprint density at radius 1 is 1.18 bits per heavy atom. The second-order valence-corrected chi connectivity index (χ2v) is 7.79. The van der Waals surface area contributed by atoms with Gasteiger partial charge in [0, 0.05) is 55.4 Å². The second kappa shape index (κ2) is 10.8. The van der Waals surface area contributed by atoms with Crippen molar-refractivity contribution in [2.24, 2.45) is 0 Å². The molecule has 1 amide bonds. The van der Waals surface area contributed by atoms with Crippen LogP contribution in [0.15, 0.2) is 67.0 Å². The largest absolute Gasteiger partial charge is 0.379 e. The first-order valence-electron chi connectivity index (χ1n) is 10.8. The van der Waals surface area contributed by atoms with Crippen LogP contribution in [0.1, 0.15) is 11.1 Å². The van der Waals surface area contributed by atoms with Crippen LogP contribution in [0.3, 0.4) is 0 Å². The molecule has 0 aliphatic carbocycles. The molecule has 34 heavy (non-hydrogen) atoms. The Labute approximate surface area is 195 Å². The zero-order valence-corrected chi connectivity index (χ0v) is 18.3. The Kier molecular flexibility index (Phi) is 7.36. The summed E-state index contributed by atoms with van der Waals surface area (Å²) in [4.78, 5) is 28.9. The van der Waals surface area contributed by atoms with E-state index >= 15 is 0 Å². The lowest BCUT2D eigenvalue weighted by Gasteiger charge is -2.26. The van der Waals surface area contributed by atoms with Crippen LogP contribution in [-0.2, 0) is 16.1 Å². The van der Waals surface area contributed by atoms with Gasteiger partial charge in [-0.2, -0.15) is 4.39 Å². The highest BCUT2D eigenvalue weighted by Crippen LogP contribution is 2.28. The van der Waals surface area contributed by atoms with E-state index in [1.54, 1.807) is 18.3 Å². The van der Waals surface area contributed by atoms with Crippen LogP contribution < -0.4 is 5.32 Å². The number of nitro groups is 1. The highest BCUT2D eigenvalue weighted by molar-refractivity contribution is 6.02. The first kappa shape index (κ1) is 23.2. The first-order valence-corrected chi connectivity index (χ1v) is 10.8. The summed E-state index contributed by atoms with van der Waals surface area (Å²) in [6, 6.07) is 13.0. The molecule has 1 N–H and O–H groups in total. The summed E-state index contributed by atoms with van der Waals surface area (Å²) in [5.74, 6) is -1.25. The lowest BCUT2D eigenvalue weighted by molar-refractivity contribution is -0.387. The third-order valence-corrected chi connectivity index (χ3v) is 5.45. The summed E-state index contributed by atoms with van der Waals surface area (Å²) >= 11 is 0. The molecule has 2 aromatic carbocycles. The SMILES string of the molecule is O=C(/C=C/c1cnccc1-c1ccc([N+](=O)[O-])c(F)c1)Nc1ccc(CN2CCOCC2)cc1. The standard InChI is InChI=1S/C25H23FN4O4/c26-23-15-19(3-7-24(23)30(32)33)22-9-10-27-16-20(22)4-8-25(31)28-21-5-1-18(2-6-21)17-29-11-13-34-14-12-29/h1-10,15-16H,11-14,17H2,(H,28,31)/b8-4+. The maximum absolute atomic E-state index is 14.1. The van der Waals surface area contributed by atoms with Gasteiger partial charge in [0.15, 0.2) is 0 Å². The van der Waals surface area contributed by atoms with Crippen molar-refractivity contribution in [1.29, 1.82) is 0 Å². The Bertz CT molecular complexity index is 1210. The minimum Gasteiger partial charge on any atom is -0.379 e. The zero-order valence-electron chi connectivity index (χ0n) is 18.3. The number of aromatic nitrogens is 1. The molecule has 0 spiro atoms. The number of anilines is 1. The van der Waals surface area contributed by atoms with Gasteiger partial charge in [-0.05, 0) is 53.1 Å². The Morgan fingerprint density at radius 3 is 2.65 bits per heavy atom. The number of amides is 1. The van der Waals surface area contributed by atoms with Crippen molar-refractivity contribution in [3.05, 3.63) is 94.1 Å². The molecule has 4 rings (SSSR count). The number of ether oxygens (including phenoxy) is 1. The molecule has 9 heteroatoms. The van der Waals surface area contributed by atoms with Gasteiger partial charge in [-0.15, -0.1) is 0 Å². The van der Waals surface area contributed by atoms with Crippen molar-refractivity contribution in [1.82, 2.24) is 9.88 Å². The minimum absolute atomic E-state index is 0.328. The molecule has 1 aliphatic heterocycles. The van der Waals surface area contributed by atoms with Crippen molar-refractivity contribution in [2.75, 3.05) is 31.6 Å². The topological polar surface area (TPSA) is 97.6 Å². The molecule has 0 unspecified atom stereocenters. The van der Waals surface area contributed by atoms with E-state index in [1.165, 1.54) is 18.3 Å². The highest BCUT2D eigenvalue weighted by Gasteiger charge is 2.15. The lowest BCUT2D eigenvalue weighted by Crippen LogP contribution is -2.35. The molecule has 1 aliphatic rings. The minimum atomic E-state index is -0.927. The van der Waals surface area contributed by atoms with Crippen molar-refractivity contribution in [2.45, 2.75) is 6.54 Å². The van der Waals surface area contributed by atoms with Crippen molar-refractivity contribution in [3.8, 4) is 11.1 Å². The van der Waals surface area contributed by atoms with E-state index in [4.69, 9.17) is 4.74 Å². The van der Waals surface area contributed by atoms with Crippen molar-refractivity contribution in [3.63, 3.8) is 0 Å². The number of hydrogen-bond acceptors (Lipinski definition) is 6. The van der Waals surface area contributed by atoms with Gasteiger partial charge in [-0.3, -0.25) is 24.8 Å². The lowest BCUT2D eigenvalue weighted by atomic mass is 10.0. The Hall–Kier alpha value is -3.95. The van der Waals surface area contributed by atoms with Crippen LogP contribution in [0.5, 0.6) is 0 Å². The van der Waals surface area contributed by atoms with E-state index in [1.807, 2.05) is 24.3 Å². The number of halogens is 1. The maximum Gasteiger partial charge on any atom is 0.304 e. The van der Waals surface area contributed by atoms with E-state index in [0.29, 0.717) is 22.4 Å². The number of nitro benzene ring substituents is 1. The summed E-state index contributed by atoms with van der Waals surface area (Å²) in [5.41, 5.74) is 2.86. The molecule has 0 atom stereocenters. The fourth-order valence-electron chi connectivity index (χ4n) is 3.69. The van der Waals surface area contributed by atoms with Crippen LogP contribution in [0.4, 0.5) is 15.8 Å². The number of carbonyl (C=O) groups is 1. The van der Waals surface area contributed by atoms with Crippen LogP contribution in [0.25, 0.3) is 17.2 Å². The van der Waals surface area contributed by atoms with E-state index in [-0.39, 0.29) is 5.91 Å². The van der Waals surface area contributed by atoms with E-state index in [9.17, 15) is 19.3 Å². The van der Waals surface area contributed by atoms with Crippen LogP contribution >= 0.6 is 0 Å². The average molecular weight is 462 g/mol.